The molecule has 0 aliphatic carbocycles. The van der Waals surface area contributed by atoms with Crippen LogP contribution >= 0.6 is 11.6 Å². The number of nitrogens with zero attached hydrogens (tertiary/aromatic N) is 4. The molecule has 0 saturated heterocycles. The lowest BCUT2D eigenvalue weighted by molar-refractivity contribution is -0.386. The van der Waals surface area contributed by atoms with Crippen molar-refractivity contribution >= 4 is 33.0 Å². The Balaban J connectivity index is 2.05. The molecule has 0 bridgehead atoms. The number of nitrogens with one attached hydrogen (secondary N) is 1. The predicted octanol–water partition coefficient (Wildman–Crippen LogP) is 2.64. The smallest absolute Gasteiger partial charge is 0.312 e. The molecule has 1 aromatic heterocycles. The fourth-order valence-corrected chi connectivity index (χ4v) is 3.56. The summed E-state index contributed by atoms with van der Waals surface area (Å²) in [5.41, 5.74) is 0.0397. The highest BCUT2D eigenvalue weighted by molar-refractivity contribution is 7.92. The van der Waals surface area contributed by atoms with Gasteiger partial charge in [-0.15, -0.1) is 0 Å². The molecule has 10 nitrogen and oxygen atoms in total. The summed E-state index contributed by atoms with van der Waals surface area (Å²) < 4.78 is 34.1. The van der Waals surface area contributed by atoms with E-state index in [1.807, 2.05) is 0 Å². The number of aromatic nitrogens is 3. The molecule has 0 amide bonds. The van der Waals surface area contributed by atoms with Crippen molar-refractivity contribution in [3.63, 3.8) is 0 Å². The summed E-state index contributed by atoms with van der Waals surface area (Å²) >= 11 is 5.97. The number of ether oxygens (including phenoxy) is 1. The molecule has 3 aromatic rings. The summed E-state index contributed by atoms with van der Waals surface area (Å²) in [6.07, 6.45) is 2.68. The van der Waals surface area contributed by atoms with Crippen LogP contribution in [0.3, 0.4) is 0 Å². The van der Waals surface area contributed by atoms with Gasteiger partial charge in [-0.2, -0.15) is 5.10 Å². The van der Waals surface area contributed by atoms with Crippen LogP contribution < -0.4 is 9.46 Å². The lowest BCUT2D eigenvalue weighted by Gasteiger charge is -2.13. The van der Waals surface area contributed by atoms with E-state index in [0.29, 0.717) is 5.69 Å². The lowest BCUT2D eigenvalue weighted by Crippen LogP contribution is -2.15. The molecule has 3 rings (SSSR count). The zero-order valence-electron chi connectivity index (χ0n) is 13.7. The van der Waals surface area contributed by atoms with Gasteiger partial charge in [-0.1, -0.05) is 11.6 Å². The Hall–Kier alpha value is -3.18. The van der Waals surface area contributed by atoms with Crippen molar-refractivity contribution < 1.29 is 18.1 Å². The van der Waals surface area contributed by atoms with Gasteiger partial charge in [-0.25, -0.2) is 18.1 Å². The molecule has 2 aromatic carbocycles. The number of nitro benzene ring substituents is 1. The van der Waals surface area contributed by atoms with Crippen LogP contribution in [0.4, 0.5) is 11.4 Å². The summed E-state index contributed by atoms with van der Waals surface area (Å²) in [6, 6.07) is 7.85. The average Bonchev–Trinajstić information content (AvgIpc) is 3.15. The van der Waals surface area contributed by atoms with Crippen LogP contribution in [0.5, 0.6) is 5.75 Å². The number of anilines is 1. The maximum absolute atomic E-state index is 12.7. The minimum Gasteiger partial charge on any atom is -0.490 e. The van der Waals surface area contributed by atoms with Crippen LogP contribution in [0.2, 0.25) is 5.02 Å². The molecule has 0 aliphatic rings. The first kappa shape index (κ1) is 18.6. The number of nitro groups is 1. The standard InChI is InChI=1S/C15H12ClN5O5S/c1-26-15-5-3-11(7-14(15)21(22)23)27(24,25)19-12-6-10(16)2-4-13(12)20-9-17-8-18-20/h2-9,19H,1H3. The second-order valence-corrected chi connectivity index (χ2v) is 7.32. The first-order valence-electron chi connectivity index (χ1n) is 7.31. The minimum absolute atomic E-state index is 0.0509. The number of sulfonamides is 1. The van der Waals surface area contributed by atoms with E-state index in [9.17, 15) is 18.5 Å². The van der Waals surface area contributed by atoms with Gasteiger partial charge in [0.05, 0.1) is 28.3 Å². The van der Waals surface area contributed by atoms with Crippen LogP contribution in [0.1, 0.15) is 0 Å². The molecule has 0 radical (unpaired) electrons. The minimum atomic E-state index is -4.15. The Morgan fingerprint density at radius 2 is 2.04 bits per heavy atom. The van der Waals surface area contributed by atoms with E-state index in [4.69, 9.17) is 16.3 Å². The lowest BCUT2D eigenvalue weighted by atomic mass is 10.3. The highest BCUT2D eigenvalue weighted by Crippen LogP contribution is 2.31. The number of hydrogen-bond donors (Lipinski definition) is 1. The van der Waals surface area contributed by atoms with E-state index in [-0.39, 0.29) is 21.4 Å². The van der Waals surface area contributed by atoms with Gasteiger partial charge in [0.2, 0.25) is 0 Å². The van der Waals surface area contributed by atoms with Crippen molar-refractivity contribution in [1.82, 2.24) is 14.8 Å². The van der Waals surface area contributed by atoms with Gasteiger partial charge in [0.1, 0.15) is 12.7 Å². The van der Waals surface area contributed by atoms with E-state index in [1.54, 1.807) is 12.1 Å². The van der Waals surface area contributed by atoms with E-state index in [1.165, 1.54) is 42.6 Å². The van der Waals surface area contributed by atoms with Gasteiger partial charge >= 0.3 is 5.69 Å². The zero-order chi connectivity index (χ0) is 19.6. The maximum Gasteiger partial charge on any atom is 0.312 e. The van der Waals surface area contributed by atoms with Crippen LogP contribution in [-0.2, 0) is 10.0 Å². The highest BCUT2D eigenvalue weighted by Gasteiger charge is 2.23. The Bertz CT molecular complexity index is 1100. The van der Waals surface area contributed by atoms with E-state index < -0.39 is 20.6 Å². The molecule has 140 valence electrons. The van der Waals surface area contributed by atoms with Crippen molar-refractivity contribution in [2.75, 3.05) is 11.8 Å². The van der Waals surface area contributed by atoms with Gasteiger partial charge in [0.15, 0.2) is 5.75 Å². The third-order valence-electron chi connectivity index (χ3n) is 3.53. The molecule has 0 fully saturated rings. The molecular weight excluding hydrogens is 398 g/mol. The summed E-state index contributed by atoms with van der Waals surface area (Å²) in [7, 11) is -2.90. The highest BCUT2D eigenvalue weighted by atomic mass is 35.5. The summed E-state index contributed by atoms with van der Waals surface area (Å²) in [5, 5.41) is 15.4. The number of methoxy groups -OCH3 is 1. The molecule has 0 unspecified atom stereocenters. The van der Waals surface area contributed by atoms with Gasteiger partial charge < -0.3 is 4.74 Å². The number of halogens is 1. The summed E-state index contributed by atoms with van der Waals surface area (Å²) in [4.78, 5) is 13.9. The van der Waals surface area contributed by atoms with Crippen molar-refractivity contribution in [2.24, 2.45) is 0 Å². The fourth-order valence-electron chi connectivity index (χ4n) is 2.31. The number of benzene rings is 2. The van der Waals surface area contributed by atoms with Gasteiger partial charge in [0, 0.05) is 11.1 Å². The average molecular weight is 410 g/mol. The summed E-state index contributed by atoms with van der Waals surface area (Å²) in [6.45, 7) is 0. The molecule has 12 heteroatoms. The third-order valence-corrected chi connectivity index (χ3v) is 5.12. The quantitative estimate of drug-likeness (QED) is 0.489. The van der Waals surface area contributed by atoms with E-state index in [2.05, 4.69) is 14.8 Å². The molecule has 1 N–H and O–H groups in total. The van der Waals surface area contributed by atoms with Crippen LogP contribution in [-0.4, -0.2) is 35.2 Å². The predicted molar refractivity (Wildman–Crippen MR) is 96.8 cm³/mol. The normalized spacial score (nSPS) is 11.2. The second-order valence-electron chi connectivity index (χ2n) is 5.20. The number of rotatable bonds is 6. The molecule has 0 aliphatic heterocycles. The van der Waals surface area contributed by atoms with Crippen LogP contribution in [0.15, 0.2) is 53.9 Å². The first-order valence-corrected chi connectivity index (χ1v) is 9.18. The Labute approximate surface area is 158 Å². The molecule has 27 heavy (non-hydrogen) atoms. The zero-order valence-corrected chi connectivity index (χ0v) is 15.3. The SMILES string of the molecule is COc1ccc(S(=O)(=O)Nc2cc(Cl)ccc2-n2cncn2)cc1[N+](=O)[O-]. The molecular formula is C15H12ClN5O5S. The molecule has 0 saturated carbocycles. The number of hydrogen-bond acceptors (Lipinski definition) is 7. The summed E-state index contributed by atoms with van der Waals surface area (Å²) in [5.74, 6) is -0.0509. The van der Waals surface area contributed by atoms with Gasteiger partial charge in [-0.05, 0) is 30.3 Å². The van der Waals surface area contributed by atoms with Crippen molar-refractivity contribution in [3.8, 4) is 11.4 Å². The Morgan fingerprint density at radius 1 is 1.26 bits per heavy atom. The van der Waals surface area contributed by atoms with Crippen LogP contribution in [0.25, 0.3) is 5.69 Å². The Kier molecular flexibility index (Phi) is 4.97. The van der Waals surface area contributed by atoms with Crippen molar-refractivity contribution in [2.45, 2.75) is 4.90 Å². The van der Waals surface area contributed by atoms with Gasteiger partial charge in [-0.3, -0.25) is 14.8 Å². The van der Waals surface area contributed by atoms with Crippen molar-refractivity contribution in [3.05, 3.63) is 64.2 Å². The van der Waals surface area contributed by atoms with E-state index >= 15 is 0 Å². The maximum atomic E-state index is 12.7. The monoisotopic (exact) mass is 409 g/mol. The topological polar surface area (TPSA) is 129 Å². The Morgan fingerprint density at radius 3 is 2.67 bits per heavy atom. The van der Waals surface area contributed by atoms with Crippen molar-refractivity contribution in [1.29, 1.82) is 0 Å². The first-order chi connectivity index (χ1) is 12.8. The fraction of sp³-hybridized carbons (Fsp3) is 0.0667. The van der Waals surface area contributed by atoms with E-state index in [0.717, 1.165) is 6.07 Å². The van der Waals surface area contributed by atoms with Crippen LogP contribution in [0, 0.1) is 10.1 Å². The third kappa shape index (κ3) is 3.83. The largest absolute Gasteiger partial charge is 0.490 e. The molecule has 0 spiro atoms. The molecule has 0 atom stereocenters. The second kappa shape index (κ2) is 7.21. The molecule has 1 heterocycles. The van der Waals surface area contributed by atoms with Gasteiger partial charge in [0.25, 0.3) is 10.0 Å².